The van der Waals surface area contributed by atoms with E-state index in [4.69, 9.17) is 9.47 Å². The highest BCUT2D eigenvalue weighted by atomic mass is 16.5. The summed E-state index contributed by atoms with van der Waals surface area (Å²) < 4.78 is 10.7. The largest absolute Gasteiger partial charge is 0.493 e. The molecule has 0 unspecified atom stereocenters. The predicted molar refractivity (Wildman–Crippen MR) is 135 cm³/mol. The number of carbonyl (C=O) groups excluding carboxylic acids is 2. The molecule has 0 spiro atoms. The minimum absolute atomic E-state index is 0.00675. The number of anilines is 1. The number of methoxy groups -OCH3 is 2. The smallest absolute Gasteiger partial charge is 0.318 e. The van der Waals surface area contributed by atoms with Crippen LogP contribution < -0.4 is 19.7 Å². The highest BCUT2D eigenvalue weighted by Crippen LogP contribution is 2.31. The molecule has 1 saturated heterocycles. The lowest BCUT2D eigenvalue weighted by molar-refractivity contribution is -0.132. The molecular formula is C25H34N6O4. The van der Waals surface area contributed by atoms with Gasteiger partial charge in [0.05, 0.1) is 19.9 Å². The number of hydrogen-bond donors (Lipinski definition) is 1. The van der Waals surface area contributed by atoms with Crippen LogP contribution in [0.25, 0.3) is 11.3 Å². The first kappa shape index (κ1) is 25.8. The summed E-state index contributed by atoms with van der Waals surface area (Å²) >= 11 is 0. The molecule has 1 N–H and O–H groups in total. The normalized spacial score (nSPS) is 13.4. The second kappa shape index (κ2) is 12.0. The third-order valence-corrected chi connectivity index (χ3v) is 5.66. The Hall–Kier alpha value is -3.82. The number of amides is 3. The van der Waals surface area contributed by atoms with Crippen LogP contribution in [0, 0.1) is 0 Å². The fourth-order valence-electron chi connectivity index (χ4n) is 3.80. The highest BCUT2D eigenvalue weighted by Gasteiger charge is 2.25. The molecule has 1 aliphatic rings. The van der Waals surface area contributed by atoms with E-state index in [-0.39, 0.29) is 24.5 Å². The number of urea groups is 1. The van der Waals surface area contributed by atoms with Crippen molar-refractivity contribution in [2.75, 3.05) is 58.4 Å². The van der Waals surface area contributed by atoms with Gasteiger partial charge < -0.3 is 29.5 Å². The predicted octanol–water partition coefficient (Wildman–Crippen LogP) is 2.42. The lowest BCUT2D eigenvalue weighted by Crippen LogP contribution is -2.53. The summed E-state index contributed by atoms with van der Waals surface area (Å²) in [6.45, 7) is 10.1. The van der Waals surface area contributed by atoms with Gasteiger partial charge in [-0.3, -0.25) is 4.79 Å². The van der Waals surface area contributed by atoms with Crippen LogP contribution in [0.15, 0.2) is 43.0 Å². The van der Waals surface area contributed by atoms with Crippen molar-refractivity contribution in [2.45, 2.75) is 19.9 Å². The number of nitrogens with one attached hydrogen (secondary N) is 1. The summed E-state index contributed by atoms with van der Waals surface area (Å²) in [5.74, 6) is 1.96. The van der Waals surface area contributed by atoms with Crippen LogP contribution in [-0.4, -0.2) is 91.5 Å². The molecule has 35 heavy (non-hydrogen) atoms. The van der Waals surface area contributed by atoms with Gasteiger partial charge >= 0.3 is 6.03 Å². The number of carbonyl (C=O) groups is 2. The Balaban J connectivity index is 1.58. The molecule has 3 amide bonds. The van der Waals surface area contributed by atoms with Gasteiger partial charge in [0.1, 0.15) is 6.54 Å². The Morgan fingerprint density at radius 2 is 1.80 bits per heavy atom. The van der Waals surface area contributed by atoms with Crippen molar-refractivity contribution in [1.29, 1.82) is 0 Å². The first-order chi connectivity index (χ1) is 16.9. The number of piperazine rings is 1. The van der Waals surface area contributed by atoms with Gasteiger partial charge in [-0.25, -0.2) is 4.79 Å². The van der Waals surface area contributed by atoms with Gasteiger partial charge in [-0.15, -0.1) is 16.8 Å². The lowest BCUT2D eigenvalue weighted by atomic mass is 10.1. The van der Waals surface area contributed by atoms with E-state index < -0.39 is 0 Å². The molecule has 10 nitrogen and oxygen atoms in total. The van der Waals surface area contributed by atoms with Gasteiger partial charge in [0.25, 0.3) is 0 Å². The maximum atomic E-state index is 12.8. The number of ether oxygens (including phenoxy) is 2. The summed E-state index contributed by atoms with van der Waals surface area (Å²) in [5, 5.41) is 11.6. The van der Waals surface area contributed by atoms with Gasteiger partial charge in [0.2, 0.25) is 5.91 Å². The van der Waals surface area contributed by atoms with E-state index >= 15 is 0 Å². The van der Waals surface area contributed by atoms with Crippen LogP contribution in [0.5, 0.6) is 11.5 Å². The Labute approximate surface area is 206 Å². The zero-order valence-corrected chi connectivity index (χ0v) is 20.9. The fourth-order valence-corrected chi connectivity index (χ4v) is 3.80. The van der Waals surface area contributed by atoms with Crippen molar-refractivity contribution in [1.82, 2.24) is 25.3 Å². The van der Waals surface area contributed by atoms with Gasteiger partial charge in [-0.2, -0.15) is 0 Å². The van der Waals surface area contributed by atoms with Crippen LogP contribution in [0.1, 0.15) is 13.8 Å². The molecule has 2 heterocycles. The van der Waals surface area contributed by atoms with Crippen molar-refractivity contribution in [3.05, 3.63) is 43.0 Å². The van der Waals surface area contributed by atoms with E-state index in [1.807, 2.05) is 44.2 Å². The molecule has 10 heteroatoms. The number of hydrogen-bond acceptors (Lipinski definition) is 7. The van der Waals surface area contributed by atoms with Crippen LogP contribution in [0.2, 0.25) is 0 Å². The number of aromatic nitrogens is 2. The van der Waals surface area contributed by atoms with Gasteiger partial charge in [0, 0.05) is 44.3 Å². The third-order valence-electron chi connectivity index (χ3n) is 5.66. The van der Waals surface area contributed by atoms with E-state index in [1.54, 1.807) is 25.2 Å². The lowest BCUT2D eigenvalue weighted by Gasteiger charge is -2.36. The molecule has 1 aliphatic heterocycles. The van der Waals surface area contributed by atoms with Gasteiger partial charge in [-0.1, -0.05) is 6.08 Å². The molecule has 0 atom stereocenters. The van der Waals surface area contributed by atoms with Gasteiger partial charge in [0.15, 0.2) is 17.3 Å². The van der Waals surface area contributed by atoms with Crippen molar-refractivity contribution in [3.8, 4) is 22.8 Å². The van der Waals surface area contributed by atoms with Crippen LogP contribution >= 0.6 is 0 Å². The second-order valence-corrected chi connectivity index (χ2v) is 8.49. The Morgan fingerprint density at radius 3 is 2.37 bits per heavy atom. The summed E-state index contributed by atoms with van der Waals surface area (Å²) in [5.41, 5.74) is 1.60. The van der Waals surface area contributed by atoms with Gasteiger partial charge in [-0.05, 0) is 44.2 Å². The van der Waals surface area contributed by atoms with Crippen LogP contribution in [-0.2, 0) is 4.79 Å². The topological polar surface area (TPSA) is 100 Å². The standard InChI is InChI=1S/C25H34N6O4/c1-6-11-31(25(33)26-18(2)3)17-24(32)30-14-12-29(13-15-30)23-10-8-20(27-28-23)19-7-9-21(34-4)22(16-19)35-5/h6-10,16,18H,1,11-15,17H2,2-5H3,(H,26,33). The van der Waals surface area contributed by atoms with Crippen LogP contribution in [0.3, 0.4) is 0 Å². The summed E-state index contributed by atoms with van der Waals surface area (Å²) in [7, 11) is 3.19. The van der Waals surface area contributed by atoms with E-state index in [9.17, 15) is 9.59 Å². The maximum absolute atomic E-state index is 12.8. The summed E-state index contributed by atoms with van der Waals surface area (Å²) in [6, 6.07) is 9.18. The summed E-state index contributed by atoms with van der Waals surface area (Å²) in [6.07, 6.45) is 1.62. The molecule has 188 valence electrons. The second-order valence-electron chi connectivity index (χ2n) is 8.49. The maximum Gasteiger partial charge on any atom is 0.318 e. The third kappa shape index (κ3) is 6.62. The molecule has 1 aromatic carbocycles. The number of benzene rings is 1. The molecular weight excluding hydrogens is 448 g/mol. The van der Waals surface area contributed by atoms with Crippen molar-refractivity contribution < 1.29 is 19.1 Å². The molecule has 3 rings (SSSR count). The quantitative estimate of drug-likeness (QED) is 0.548. The molecule has 2 aromatic rings. The minimum atomic E-state index is -0.267. The van der Waals surface area contributed by atoms with Crippen molar-refractivity contribution in [3.63, 3.8) is 0 Å². The van der Waals surface area contributed by atoms with Crippen molar-refractivity contribution in [2.24, 2.45) is 0 Å². The highest BCUT2D eigenvalue weighted by molar-refractivity contribution is 5.84. The number of rotatable bonds is 9. The molecule has 0 bridgehead atoms. The molecule has 1 fully saturated rings. The molecule has 1 aromatic heterocycles. The molecule has 0 aliphatic carbocycles. The Morgan fingerprint density at radius 1 is 1.09 bits per heavy atom. The first-order valence-electron chi connectivity index (χ1n) is 11.6. The van der Waals surface area contributed by atoms with E-state index in [1.165, 1.54) is 4.90 Å². The summed E-state index contributed by atoms with van der Waals surface area (Å²) in [4.78, 5) is 30.5. The molecule has 0 saturated carbocycles. The zero-order valence-electron chi connectivity index (χ0n) is 20.9. The zero-order chi connectivity index (χ0) is 25.4. The van der Waals surface area contributed by atoms with E-state index in [2.05, 4.69) is 27.0 Å². The fraction of sp³-hybridized carbons (Fsp3) is 0.440. The SMILES string of the molecule is C=CCN(CC(=O)N1CCN(c2ccc(-c3ccc(OC)c(OC)c3)nn2)CC1)C(=O)NC(C)C. The van der Waals surface area contributed by atoms with E-state index in [0.717, 1.165) is 17.1 Å². The average molecular weight is 483 g/mol. The molecule has 0 radical (unpaired) electrons. The van der Waals surface area contributed by atoms with Crippen molar-refractivity contribution >= 4 is 17.8 Å². The minimum Gasteiger partial charge on any atom is -0.493 e. The monoisotopic (exact) mass is 482 g/mol. The average Bonchev–Trinajstić information content (AvgIpc) is 2.87. The van der Waals surface area contributed by atoms with Crippen LogP contribution in [0.4, 0.5) is 10.6 Å². The Bertz CT molecular complexity index is 1020. The number of nitrogens with zero attached hydrogens (tertiary/aromatic N) is 5. The van der Waals surface area contributed by atoms with E-state index in [0.29, 0.717) is 44.2 Å². The first-order valence-corrected chi connectivity index (χ1v) is 11.6. The Kier molecular flexibility index (Phi) is 8.88.